The van der Waals surface area contributed by atoms with Crippen LogP contribution in [0.4, 0.5) is 18.9 Å². The summed E-state index contributed by atoms with van der Waals surface area (Å²) in [4.78, 5) is 14.1. The Hall–Kier alpha value is -2.80. The van der Waals surface area contributed by atoms with Crippen LogP contribution in [0, 0.1) is 5.82 Å². The molecule has 0 aromatic heterocycles. The summed E-state index contributed by atoms with van der Waals surface area (Å²) in [7, 11) is 0. The number of anilines is 1. The molecule has 0 aliphatic carbocycles. The molecule has 0 bridgehead atoms. The highest BCUT2D eigenvalue weighted by Gasteiger charge is 2.16. The van der Waals surface area contributed by atoms with E-state index in [0.29, 0.717) is 37.6 Å². The lowest BCUT2D eigenvalue weighted by molar-refractivity contribution is -0.0498. The second-order valence-corrected chi connectivity index (χ2v) is 5.91. The first-order chi connectivity index (χ1) is 13.0. The minimum absolute atomic E-state index is 0.0363. The third kappa shape index (κ3) is 5.10. The maximum absolute atomic E-state index is 14.4. The molecule has 2 aromatic carbocycles. The van der Waals surface area contributed by atoms with E-state index in [4.69, 9.17) is 4.74 Å². The topological polar surface area (TPSA) is 38.8 Å². The van der Waals surface area contributed by atoms with Gasteiger partial charge in [-0.1, -0.05) is 18.2 Å². The number of benzene rings is 2. The zero-order chi connectivity index (χ0) is 19.2. The number of carbonyl (C=O) groups is 1. The maximum Gasteiger partial charge on any atom is 0.387 e. The Labute approximate surface area is 154 Å². The average Bonchev–Trinajstić information content (AvgIpc) is 2.67. The van der Waals surface area contributed by atoms with E-state index in [-0.39, 0.29) is 17.1 Å². The number of allylic oxidation sites excluding steroid dienone is 1. The van der Waals surface area contributed by atoms with Crippen molar-refractivity contribution in [2.75, 3.05) is 31.2 Å². The predicted molar refractivity (Wildman–Crippen MR) is 95.9 cm³/mol. The number of halogens is 3. The molecule has 1 heterocycles. The second kappa shape index (κ2) is 8.73. The molecule has 0 radical (unpaired) electrons. The molecule has 0 N–H and O–H groups in total. The first-order valence-electron chi connectivity index (χ1n) is 8.42. The normalized spacial score (nSPS) is 14.7. The van der Waals surface area contributed by atoms with Crippen LogP contribution in [0.1, 0.15) is 15.9 Å². The molecule has 3 rings (SSSR count). The van der Waals surface area contributed by atoms with E-state index in [1.54, 1.807) is 24.3 Å². The summed E-state index contributed by atoms with van der Waals surface area (Å²) >= 11 is 0. The van der Waals surface area contributed by atoms with Gasteiger partial charge in [-0.2, -0.15) is 8.78 Å². The molecule has 1 fully saturated rings. The molecule has 1 aliphatic heterocycles. The summed E-state index contributed by atoms with van der Waals surface area (Å²) in [6.07, 6.45) is 2.84. The van der Waals surface area contributed by atoms with E-state index < -0.39 is 12.4 Å². The fourth-order valence-corrected chi connectivity index (χ4v) is 2.75. The van der Waals surface area contributed by atoms with Crippen LogP contribution in [0.2, 0.25) is 0 Å². The van der Waals surface area contributed by atoms with Gasteiger partial charge >= 0.3 is 6.61 Å². The fraction of sp³-hybridized carbons (Fsp3) is 0.250. The van der Waals surface area contributed by atoms with Crippen molar-refractivity contribution in [2.45, 2.75) is 6.61 Å². The van der Waals surface area contributed by atoms with Crippen molar-refractivity contribution in [3.05, 3.63) is 65.5 Å². The number of ether oxygens (including phenoxy) is 2. The first kappa shape index (κ1) is 19.0. The van der Waals surface area contributed by atoms with Crippen molar-refractivity contribution >= 4 is 17.5 Å². The molecule has 1 saturated heterocycles. The Morgan fingerprint density at radius 1 is 1.11 bits per heavy atom. The molecule has 1 aliphatic rings. The van der Waals surface area contributed by atoms with Gasteiger partial charge in [0, 0.05) is 18.7 Å². The van der Waals surface area contributed by atoms with Gasteiger partial charge in [-0.25, -0.2) is 4.39 Å². The van der Waals surface area contributed by atoms with Crippen LogP contribution in [0.25, 0.3) is 6.08 Å². The lowest BCUT2D eigenvalue weighted by Gasteiger charge is -2.29. The molecular weight excluding hydrogens is 359 g/mol. The van der Waals surface area contributed by atoms with Gasteiger partial charge in [0.1, 0.15) is 11.6 Å². The van der Waals surface area contributed by atoms with Gasteiger partial charge in [-0.05, 0) is 42.0 Å². The quantitative estimate of drug-likeness (QED) is 0.560. The van der Waals surface area contributed by atoms with Gasteiger partial charge in [0.2, 0.25) is 0 Å². The fourth-order valence-electron chi connectivity index (χ4n) is 2.75. The molecule has 0 amide bonds. The van der Waals surface area contributed by atoms with Gasteiger partial charge in [-0.3, -0.25) is 4.79 Å². The second-order valence-electron chi connectivity index (χ2n) is 5.91. The largest absolute Gasteiger partial charge is 0.435 e. The zero-order valence-corrected chi connectivity index (χ0v) is 14.4. The van der Waals surface area contributed by atoms with Crippen LogP contribution in [0.3, 0.4) is 0 Å². The number of hydrogen-bond donors (Lipinski definition) is 0. The van der Waals surface area contributed by atoms with Crippen LogP contribution in [-0.4, -0.2) is 38.7 Å². The smallest absolute Gasteiger partial charge is 0.387 e. The van der Waals surface area contributed by atoms with Gasteiger partial charge in [0.25, 0.3) is 0 Å². The third-order valence-corrected chi connectivity index (χ3v) is 4.12. The number of hydrogen-bond acceptors (Lipinski definition) is 4. The van der Waals surface area contributed by atoms with Gasteiger partial charge in [0.05, 0.1) is 18.9 Å². The summed E-state index contributed by atoms with van der Waals surface area (Å²) < 4.78 is 48.1. The standard InChI is InChI=1S/C20H18F3NO3/c21-17-13-15(4-7-18(17)24-9-11-26-12-10-24)19(25)8-3-14-1-5-16(6-2-14)27-20(22)23/h1-8,13,20H,9-12H2/b8-3+. The van der Waals surface area contributed by atoms with Crippen molar-refractivity contribution < 1.29 is 27.4 Å². The summed E-state index contributed by atoms with van der Waals surface area (Å²) in [6, 6.07) is 10.3. The molecular formula is C20H18F3NO3. The average molecular weight is 377 g/mol. The minimum Gasteiger partial charge on any atom is -0.435 e. The van der Waals surface area contributed by atoms with E-state index in [0.717, 1.165) is 0 Å². The highest BCUT2D eigenvalue weighted by molar-refractivity contribution is 6.07. The van der Waals surface area contributed by atoms with E-state index in [9.17, 15) is 18.0 Å². The van der Waals surface area contributed by atoms with Crippen LogP contribution in [-0.2, 0) is 4.74 Å². The summed E-state index contributed by atoms with van der Waals surface area (Å²) in [6.45, 7) is -0.581. The maximum atomic E-state index is 14.4. The SMILES string of the molecule is O=C(/C=C/c1ccc(OC(F)F)cc1)c1ccc(N2CCOCC2)c(F)c1. The van der Waals surface area contributed by atoms with Gasteiger partial charge in [0.15, 0.2) is 5.78 Å². The number of nitrogens with zero attached hydrogens (tertiary/aromatic N) is 1. The molecule has 0 spiro atoms. The highest BCUT2D eigenvalue weighted by Crippen LogP contribution is 2.22. The third-order valence-electron chi connectivity index (χ3n) is 4.12. The molecule has 2 aromatic rings. The number of carbonyl (C=O) groups excluding carboxylic acids is 1. The number of alkyl halides is 2. The lowest BCUT2D eigenvalue weighted by Crippen LogP contribution is -2.36. The summed E-state index contributed by atoms with van der Waals surface area (Å²) in [5.41, 5.74) is 1.32. The van der Waals surface area contributed by atoms with Crippen molar-refractivity contribution in [1.82, 2.24) is 0 Å². The minimum atomic E-state index is -2.89. The molecule has 27 heavy (non-hydrogen) atoms. The monoisotopic (exact) mass is 377 g/mol. The van der Waals surface area contributed by atoms with Crippen LogP contribution in [0.5, 0.6) is 5.75 Å². The summed E-state index contributed by atoms with van der Waals surface area (Å²) in [5, 5.41) is 0. The number of ketones is 1. The van der Waals surface area contributed by atoms with E-state index in [1.807, 2.05) is 4.90 Å². The summed E-state index contributed by atoms with van der Waals surface area (Å²) in [5.74, 6) is -0.769. The highest BCUT2D eigenvalue weighted by atomic mass is 19.3. The van der Waals surface area contributed by atoms with Crippen LogP contribution >= 0.6 is 0 Å². The van der Waals surface area contributed by atoms with Crippen molar-refractivity contribution in [1.29, 1.82) is 0 Å². The van der Waals surface area contributed by atoms with Gasteiger partial charge in [-0.15, -0.1) is 0 Å². The van der Waals surface area contributed by atoms with Crippen LogP contribution in [0.15, 0.2) is 48.5 Å². The van der Waals surface area contributed by atoms with Crippen molar-refractivity contribution in [2.24, 2.45) is 0 Å². The zero-order valence-electron chi connectivity index (χ0n) is 14.4. The molecule has 0 saturated carbocycles. The predicted octanol–water partition coefficient (Wildman–Crippen LogP) is 4.16. The van der Waals surface area contributed by atoms with Crippen molar-refractivity contribution in [3.63, 3.8) is 0 Å². The Morgan fingerprint density at radius 3 is 2.44 bits per heavy atom. The Bertz CT molecular complexity index is 816. The van der Waals surface area contributed by atoms with E-state index in [1.165, 1.54) is 30.4 Å². The van der Waals surface area contributed by atoms with E-state index in [2.05, 4.69) is 4.74 Å². The van der Waals surface area contributed by atoms with Crippen molar-refractivity contribution in [3.8, 4) is 5.75 Å². The first-order valence-corrected chi connectivity index (χ1v) is 8.42. The number of rotatable bonds is 6. The number of morpholine rings is 1. The Morgan fingerprint density at radius 2 is 1.81 bits per heavy atom. The van der Waals surface area contributed by atoms with Crippen LogP contribution < -0.4 is 9.64 Å². The van der Waals surface area contributed by atoms with Gasteiger partial charge < -0.3 is 14.4 Å². The molecule has 7 heteroatoms. The Kier molecular flexibility index (Phi) is 6.13. The lowest BCUT2D eigenvalue weighted by atomic mass is 10.1. The Balaban J connectivity index is 1.66. The molecule has 0 atom stereocenters. The molecule has 142 valence electrons. The van der Waals surface area contributed by atoms with E-state index >= 15 is 0 Å². The molecule has 4 nitrogen and oxygen atoms in total. The molecule has 0 unspecified atom stereocenters.